The number of ether oxygens (including phenoxy) is 1. The number of carbonyl (C=O) groups is 1. The number of hydrazone groups is 1. The Labute approximate surface area is 100 Å². The van der Waals surface area contributed by atoms with Crippen LogP contribution >= 0.6 is 0 Å². The highest BCUT2D eigenvalue weighted by Crippen LogP contribution is 2.14. The van der Waals surface area contributed by atoms with Gasteiger partial charge in [-0.25, -0.2) is 15.0 Å². The number of allylic oxidation sites excluding steroid dienone is 1. The van der Waals surface area contributed by atoms with Crippen molar-refractivity contribution < 1.29 is 9.53 Å². The van der Waals surface area contributed by atoms with Gasteiger partial charge in [-0.3, -0.25) is 4.79 Å². The Morgan fingerprint density at radius 2 is 2.18 bits per heavy atom. The Balaban J connectivity index is 0.000000686. The summed E-state index contributed by atoms with van der Waals surface area (Å²) in [7, 11) is 1.49. The fourth-order valence-corrected chi connectivity index (χ4v) is 1.28. The summed E-state index contributed by atoms with van der Waals surface area (Å²) >= 11 is 0. The molecule has 0 fully saturated rings. The van der Waals surface area contributed by atoms with Crippen molar-refractivity contribution in [2.75, 3.05) is 13.7 Å². The molecule has 0 radical (unpaired) electrons. The highest BCUT2D eigenvalue weighted by atomic mass is 16.5. The Morgan fingerprint density at radius 3 is 2.76 bits per heavy atom. The van der Waals surface area contributed by atoms with E-state index in [1.54, 1.807) is 12.4 Å². The van der Waals surface area contributed by atoms with Gasteiger partial charge in [-0.15, -0.1) is 0 Å². The fourth-order valence-electron chi connectivity index (χ4n) is 1.28. The summed E-state index contributed by atoms with van der Waals surface area (Å²) in [6, 6.07) is 0. The van der Waals surface area contributed by atoms with Crippen molar-refractivity contribution >= 4 is 23.7 Å². The zero-order chi connectivity index (χ0) is 12.8. The van der Waals surface area contributed by atoms with Crippen LogP contribution in [0, 0.1) is 0 Å². The molecule has 6 heteroatoms. The highest BCUT2D eigenvalue weighted by Gasteiger charge is 2.24. The SMILES string of the molecule is CC.COC1=CN2N=CCN=C2N=C1C(C)=O. The quantitative estimate of drug-likeness (QED) is 0.723. The van der Waals surface area contributed by atoms with Gasteiger partial charge >= 0.3 is 0 Å². The Kier molecular flexibility index (Phi) is 4.56. The monoisotopic (exact) mass is 236 g/mol. The highest BCUT2D eigenvalue weighted by molar-refractivity contribution is 6.46. The van der Waals surface area contributed by atoms with E-state index in [0.29, 0.717) is 18.3 Å². The van der Waals surface area contributed by atoms with Gasteiger partial charge in [0.15, 0.2) is 17.3 Å². The number of fused-ring (bicyclic) bond motifs is 1. The summed E-state index contributed by atoms with van der Waals surface area (Å²) in [5.74, 6) is 0.670. The molecule has 0 aromatic carbocycles. The molecule has 2 aliphatic rings. The normalized spacial score (nSPS) is 16.9. The van der Waals surface area contributed by atoms with E-state index >= 15 is 0 Å². The third-order valence-electron chi connectivity index (χ3n) is 1.96. The Hall–Kier alpha value is -1.98. The molecule has 0 amide bonds. The minimum atomic E-state index is -0.153. The maximum Gasteiger partial charge on any atom is 0.247 e. The number of hydrogen-bond donors (Lipinski definition) is 0. The molecule has 0 bridgehead atoms. The first-order valence-electron chi connectivity index (χ1n) is 5.44. The van der Waals surface area contributed by atoms with E-state index in [-0.39, 0.29) is 11.5 Å². The van der Waals surface area contributed by atoms with Gasteiger partial charge in [0.1, 0.15) is 0 Å². The lowest BCUT2D eigenvalue weighted by molar-refractivity contribution is -0.111. The van der Waals surface area contributed by atoms with Crippen LogP contribution in [0.3, 0.4) is 0 Å². The van der Waals surface area contributed by atoms with E-state index < -0.39 is 0 Å². The minimum Gasteiger partial charge on any atom is -0.493 e. The molecular formula is C11H16N4O2. The summed E-state index contributed by atoms with van der Waals surface area (Å²) in [6.45, 7) is 5.92. The van der Waals surface area contributed by atoms with E-state index in [0.717, 1.165) is 0 Å². The second-order valence-corrected chi connectivity index (χ2v) is 3.00. The number of nitrogens with zero attached hydrogens (tertiary/aromatic N) is 4. The van der Waals surface area contributed by atoms with E-state index in [9.17, 15) is 4.79 Å². The standard InChI is InChI=1S/C9H10N4O2.C2H6/c1-6(14)8-7(15-2)5-13-9(12-8)10-3-4-11-13;1-2/h4-5H,3H2,1-2H3;1-2H3. The minimum absolute atomic E-state index is 0.153. The van der Waals surface area contributed by atoms with Gasteiger partial charge in [-0.05, 0) is 0 Å². The van der Waals surface area contributed by atoms with Crippen LogP contribution in [0.15, 0.2) is 27.0 Å². The molecule has 0 saturated carbocycles. The number of guanidine groups is 1. The molecule has 0 aromatic heterocycles. The molecule has 2 heterocycles. The maximum absolute atomic E-state index is 11.3. The van der Waals surface area contributed by atoms with Crippen LogP contribution in [0.25, 0.3) is 0 Å². The smallest absolute Gasteiger partial charge is 0.247 e. The molecule has 17 heavy (non-hydrogen) atoms. The number of hydrogen-bond acceptors (Lipinski definition) is 6. The average Bonchev–Trinajstić information content (AvgIpc) is 2.39. The third-order valence-corrected chi connectivity index (χ3v) is 1.96. The van der Waals surface area contributed by atoms with Crippen molar-refractivity contribution in [1.29, 1.82) is 0 Å². The molecule has 0 saturated heterocycles. The summed E-state index contributed by atoms with van der Waals surface area (Å²) in [6.07, 6.45) is 3.25. The number of Topliss-reactive ketones (excluding diaryl/α,β-unsaturated/α-hetero) is 1. The maximum atomic E-state index is 11.3. The molecule has 2 aliphatic heterocycles. The largest absolute Gasteiger partial charge is 0.493 e. The lowest BCUT2D eigenvalue weighted by Gasteiger charge is -2.22. The zero-order valence-electron chi connectivity index (χ0n) is 10.5. The lowest BCUT2D eigenvalue weighted by atomic mass is 10.2. The predicted octanol–water partition coefficient (Wildman–Crippen LogP) is 1.20. The fraction of sp³-hybridized carbons (Fsp3) is 0.455. The van der Waals surface area contributed by atoms with Crippen LogP contribution < -0.4 is 0 Å². The van der Waals surface area contributed by atoms with Crippen LogP contribution in [0.1, 0.15) is 20.8 Å². The van der Waals surface area contributed by atoms with E-state index in [1.807, 2.05) is 13.8 Å². The third kappa shape index (κ3) is 2.77. The van der Waals surface area contributed by atoms with Crippen molar-refractivity contribution in [3.63, 3.8) is 0 Å². The second kappa shape index (κ2) is 5.93. The van der Waals surface area contributed by atoms with Crippen molar-refractivity contribution in [2.24, 2.45) is 15.1 Å². The number of carbonyl (C=O) groups excluding carboxylic acids is 1. The van der Waals surface area contributed by atoms with Crippen LogP contribution in [-0.4, -0.2) is 42.3 Å². The van der Waals surface area contributed by atoms with Crippen LogP contribution in [0.4, 0.5) is 0 Å². The Morgan fingerprint density at radius 1 is 1.47 bits per heavy atom. The molecule has 0 aliphatic carbocycles. The molecule has 0 N–H and O–H groups in total. The molecule has 0 atom stereocenters. The van der Waals surface area contributed by atoms with E-state index in [1.165, 1.54) is 19.0 Å². The molecule has 2 rings (SSSR count). The van der Waals surface area contributed by atoms with Gasteiger partial charge in [0, 0.05) is 13.1 Å². The summed E-state index contributed by atoms with van der Waals surface area (Å²) in [5, 5.41) is 5.53. The summed E-state index contributed by atoms with van der Waals surface area (Å²) in [5.41, 5.74) is 0.282. The molecule has 92 valence electrons. The number of methoxy groups -OCH3 is 1. The average molecular weight is 236 g/mol. The van der Waals surface area contributed by atoms with Gasteiger partial charge < -0.3 is 4.74 Å². The molecular weight excluding hydrogens is 220 g/mol. The molecule has 0 aromatic rings. The molecule has 6 nitrogen and oxygen atoms in total. The predicted molar refractivity (Wildman–Crippen MR) is 67.2 cm³/mol. The zero-order valence-corrected chi connectivity index (χ0v) is 10.5. The lowest BCUT2D eigenvalue weighted by Crippen LogP contribution is -2.32. The molecule has 0 spiro atoms. The van der Waals surface area contributed by atoms with Gasteiger partial charge in [0.2, 0.25) is 5.96 Å². The van der Waals surface area contributed by atoms with Gasteiger partial charge in [-0.2, -0.15) is 5.10 Å². The number of aliphatic imine (C=N–C) groups is 2. The van der Waals surface area contributed by atoms with E-state index in [2.05, 4.69) is 15.1 Å². The summed E-state index contributed by atoms with van der Waals surface area (Å²) in [4.78, 5) is 19.5. The van der Waals surface area contributed by atoms with Crippen LogP contribution in [-0.2, 0) is 9.53 Å². The van der Waals surface area contributed by atoms with Crippen molar-refractivity contribution in [3.8, 4) is 0 Å². The summed E-state index contributed by atoms with van der Waals surface area (Å²) < 4.78 is 5.05. The second-order valence-electron chi connectivity index (χ2n) is 3.00. The van der Waals surface area contributed by atoms with Crippen molar-refractivity contribution in [2.45, 2.75) is 20.8 Å². The number of ketones is 1. The van der Waals surface area contributed by atoms with Crippen LogP contribution in [0.2, 0.25) is 0 Å². The van der Waals surface area contributed by atoms with Gasteiger partial charge in [0.05, 0.1) is 19.9 Å². The first kappa shape index (κ1) is 13.1. The van der Waals surface area contributed by atoms with Crippen LogP contribution in [0.5, 0.6) is 0 Å². The van der Waals surface area contributed by atoms with Crippen molar-refractivity contribution in [3.05, 3.63) is 12.0 Å². The van der Waals surface area contributed by atoms with Crippen molar-refractivity contribution in [1.82, 2.24) is 5.01 Å². The van der Waals surface area contributed by atoms with E-state index in [4.69, 9.17) is 4.74 Å². The first-order chi connectivity index (χ1) is 8.22. The Bertz CT molecular complexity index is 421. The van der Waals surface area contributed by atoms with Gasteiger partial charge in [-0.1, -0.05) is 13.8 Å². The number of rotatable bonds is 2. The topological polar surface area (TPSA) is 66.6 Å². The van der Waals surface area contributed by atoms with Gasteiger partial charge in [0.25, 0.3) is 0 Å². The first-order valence-corrected chi connectivity index (χ1v) is 5.44. The molecule has 0 unspecified atom stereocenters.